The Balaban J connectivity index is 1.44. The second-order valence-electron chi connectivity index (χ2n) is 7.08. The van der Waals surface area contributed by atoms with E-state index in [1.54, 1.807) is 0 Å². The highest BCUT2D eigenvalue weighted by molar-refractivity contribution is 6.39. The summed E-state index contributed by atoms with van der Waals surface area (Å²) in [6.07, 6.45) is 0.612. The van der Waals surface area contributed by atoms with Crippen LogP contribution < -0.4 is 14.8 Å². The average molecular weight is 393 g/mol. The van der Waals surface area contributed by atoms with E-state index in [4.69, 9.17) is 9.47 Å². The summed E-state index contributed by atoms with van der Waals surface area (Å²) in [7, 11) is 0. The Kier molecular flexibility index (Phi) is 5.46. The van der Waals surface area contributed by atoms with Gasteiger partial charge in [-0.1, -0.05) is 36.4 Å². The van der Waals surface area contributed by atoms with Crippen LogP contribution in [-0.2, 0) is 16.1 Å². The molecule has 7 heteroatoms. The minimum absolute atomic E-state index is 0.0784. The van der Waals surface area contributed by atoms with Crippen LogP contribution in [0.4, 0.5) is 0 Å². The Morgan fingerprint density at radius 2 is 1.86 bits per heavy atom. The Bertz CT molecular complexity index is 942. The highest BCUT2D eigenvalue weighted by Gasteiger charge is 2.25. The molecule has 150 valence electrons. The SMILES string of the molecule is CC(NC(=O)C1=NN(Cc2ccccc2)C(=O)CC1)c1ccc2c(c1)OCCO2. The molecule has 2 amide bonds. The first-order chi connectivity index (χ1) is 14.1. The van der Waals surface area contributed by atoms with Gasteiger partial charge in [-0.05, 0) is 30.2 Å². The van der Waals surface area contributed by atoms with Crippen LogP contribution in [0.1, 0.15) is 36.9 Å². The summed E-state index contributed by atoms with van der Waals surface area (Å²) < 4.78 is 11.1. The molecule has 29 heavy (non-hydrogen) atoms. The molecular weight excluding hydrogens is 370 g/mol. The first kappa shape index (κ1) is 19.0. The minimum Gasteiger partial charge on any atom is -0.486 e. The van der Waals surface area contributed by atoms with E-state index in [-0.39, 0.29) is 24.3 Å². The summed E-state index contributed by atoms with van der Waals surface area (Å²) in [4.78, 5) is 24.9. The van der Waals surface area contributed by atoms with Crippen molar-refractivity contribution in [3.8, 4) is 11.5 Å². The average Bonchev–Trinajstić information content (AvgIpc) is 2.75. The molecule has 0 spiro atoms. The van der Waals surface area contributed by atoms with Crippen LogP contribution in [0.5, 0.6) is 11.5 Å². The number of nitrogens with zero attached hydrogens (tertiary/aromatic N) is 2. The normalized spacial score (nSPS) is 16.8. The molecule has 0 saturated carbocycles. The third-order valence-corrected chi connectivity index (χ3v) is 4.96. The van der Waals surface area contributed by atoms with Crippen LogP contribution >= 0.6 is 0 Å². The molecule has 4 rings (SSSR count). The lowest BCUT2D eigenvalue weighted by Crippen LogP contribution is -2.39. The van der Waals surface area contributed by atoms with Gasteiger partial charge in [-0.15, -0.1) is 0 Å². The van der Waals surface area contributed by atoms with Crippen molar-refractivity contribution in [2.45, 2.75) is 32.4 Å². The fourth-order valence-electron chi connectivity index (χ4n) is 3.34. The summed E-state index contributed by atoms with van der Waals surface area (Å²) >= 11 is 0. The Morgan fingerprint density at radius 3 is 2.66 bits per heavy atom. The highest BCUT2D eigenvalue weighted by Crippen LogP contribution is 2.32. The second kappa shape index (κ2) is 8.34. The lowest BCUT2D eigenvalue weighted by atomic mass is 10.1. The van der Waals surface area contributed by atoms with E-state index >= 15 is 0 Å². The van der Waals surface area contributed by atoms with Gasteiger partial charge in [0, 0.05) is 12.8 Å². The fraction of sp³-hybridized carbons (Fsp3) is 0.318. The van der Waals surface area contributed by atoms with Crippen LogP contribution in [0, 0.1) is 0 Å². The summed E-state index contributed by atoms with van der Waals surface area (Å²) in [5.74, 6) is 1.05. The van der Waals surface area contributed by atoms with Gasteiger partial charge < -0.3 is 14.8 Å². The molecule has 2 heterocycles. The van der Waals surface area contributed by atoms with Gasteiger partial charge in [0.05, 0.1) is 12.6 Å². The van der Waals surface area contributed by atoms with Crippen molar-refractivity contribution in [1.29, 1.82) is 0 Å². The van der Waals surface area contributed by atoms with Crippen LogP contribution in [0.3, 0.4) is 0 Å². The van der Waals surface area contributed by atoms with Crippen molar-refractivity contribution in [2.75, 3.05) is 13.2 Å². The fourth-order valence-corrected chi connectivity index (χ4v) is 3.34. The Hall–Kier alpha value is -3.35. The molecule has 1 atom stereocenters. The summed E-state index contributed by atoms with van der Waals surface area (Å²) in [5, 5.41) is 8.66. The monoisotopic (exact) mass is 393 g/mol. The molecule has 7 nitrogen and oxygen atoms in total. The van der Waals surface area contributed by atoms with Gasteiger partial charge in [-0.2, -0.15) is 5.10 Å². The maximum absolute atomic E-state index is 12.7. The van der Waals surface area contributed by atoms with Gasteiger partial charge in [0.15, 0.2) is 11.5 Å². The number of rotatable bonds is 5. The molecular formula is C22H23N3O4. The number of carbonyl (C=O) groups excluding carboxylic acids is 2. The zero-order valence-electron chi connectivity index (χ0n) is 16.3. The van der Waals surface area contributed by atoms with Crippen LogP contribution in [0.25, 0.3) is 0 Å². The number of hydrazone groups is 1. The van der Waals surface area contributed by atoms with Crippen LogP contribution in [0.15, 0.2) is 53.6 Å². The van der Waals surface area contributed by atoms with Crippen molar-refractivity contribution in [3.05, 3.63) is 59.7 Å². The van der Waals surface area contributed by atoms with E-state index in [2.05, 4.69) is 10.4 Å². The number of fused-ring (bicyclic) bond motifs is 1. The molecule has 0 fully saturated rings. The van der Waals surface area contributed by atoms with E-state index in [1.165, 1.54) is 5.01 Å². The third-order valence-electron chi connectivity index (χ3n) is 4.96. The predicted molar refractivity (Wildman–Crippen MR) is 108 cm³/mol. The van der Waals surface area contributed by atoms with Crippen molar-refractivity contribution < 1.29 is 19.1 Å². The van der Waals surface area contributed by atoms with Crippen LogP contribution in [-0.4, -0.2) is 35.7 Å². The van der Waals surface area contributed by atoms with Gasteiger partial charge in [-0.25, -0.2) is 5.01 Å². The van der Waals surface area contributed by atoms with Crippen molar-refractivity contribution >= 4 is 17.5 Å². The predicted octanol–water partition coefficient (Wildman–Crippen LogP) is 2.81. The summed E-state index contributed by atoms with van der Waals surface area (Å²) in [6, 6.07) is 15.0. The second-order valence-corrected chi connectivity index (χ2v) is 7.08. The topological polar surface area (TPSA) is 80.2 Å². The zero-order valence-corrected chi connectivity index (χ0v) is 16.3. The molecule has 1 unspecified atom stereocenters. The Labute approximate surface area is 169 Å². The molecule has 2 aliphatic rings. The lowest BCUT2D eigenvalue weighted by Gasteiger charge is -2.24. The smallest absolute Gasteiger partial charge is 0.267 e. The van der Waals surface area contributed by atoms with Crippen molar-refractivity contribution in [1.82, 2.24) is 10.3 Å². The summed E-state index contributed by atoms with van der Waals surface area (Å²) in [6.45, 7) is 3.31. The molecule has 2 aliphatic heterocycles. The standard InChI is InChI=1S/C22H23N3O4/c1-15(17-7-9-19-20(13-17)29-12-11-28-19)23-22(27)18-8-10-21(26)25(24-18)14-16-5-3-2-4-6-16/h2-7,9,13,15H,8,10-12,14H2,1H3,(H,23,27). The molecule has 0 aliphatic carbocycles. The molecule has 0 saturated heterocycles. The van der Waals surface area contributed by atoms with Gasteiger partial charge >= 0.3 is 0 Å². The number of amides is 2. The maximum atomic E-state index is 12.7. The lowest BCUT2D eigenvalue weighted by molar-refractivity contribution is -0.132. The van der Waals surface area contributed by atoms with E-state index in [1.807, 2.05) is 55.5 Å². The largest absolute Gasteiger partial charge is 0.486 e. The number of hydrogen-bond acceptors (Lipinski definition) is 5. The molecule has 0 aromatic heterocycles. The van der Waals surface area contributed by atoms with Gasteiger partial charge in [0.2, 0.25) is 5.91 Å². The molecule has 2 aromatic carbocycles. The highest BCUT2D eigenvalue weighted by atomic mass is 16.6. The number of nitrogens with one attached hydrogen (secondary N) is 1. The van der Waals surface area contributed by atoms with E-state index in [0.29, 0.717) is 43.4 Å². The van der Waals surface area contributed by atoms with Crippen molar-refractivity contribution in [3.63, 3.8) is 0 Å². The molecule has 0 bridgehead atoms. The van der Waals surface area contributed by atoms with Crippen molar-refractivity contribution in [2.24, 2.45) is 5.10 Å². The maximum Gasteiger partial charge on any atom is 0.267 e. The number of carbonyl (C=O) groups is 2. The third kappa shape index (κ3) is 4.39. The molecule has 1 N–H and O–H groups in total. The van der Waals surface area contributed by atoms with Gasteiger partial charge in [0.25, 0.3) is 5.91 Å². The first-order valence-corrected chi connectivity index (χ1v) is 9.72. The Morgan fingerprint density at radius 1 is 1.10 bits per heavy atom. The minimum atomic E-state index is -0.266. The summed E-state index contributed by atoms with van der Waals surface area (Å²) in [5.41, 5.74) is 2.25. The van der Waals surface area contributed by atoms with Gasteiger partial charge in [0.1, 0.15) is 18.9 Å². The molecule has 0 radical (unpaired) electrons. The first-order valence-electron chi connectivity index (χ1n) is 9.72. The zero-order chi connectivity index (χ0) is 20.2. The van der Waals surface area contributed by atoms with E-state index < -0.39 is 0 Å². The molecule has 2 aromatic rings. The number of hydrogen-bond donors (Lipinski definition) is 1. The van der Waals surface area contributed by atoms with Crippen LogP contribution in [0.2, 0.25) is 0 Å². The quantitative estimate of drug-likeness (QED) is 0.847. The van der Waals surface area contributed by atoms with E-state index in [9.17, 15) is 9.59 Å². The number of benzene rings is 2. The van der Waals surface area contributed by atoms with Gasteiger partial charge in [-0.3, -0.25) is 9.59 Å². The van der Waals surface area contributed by atoms with E-state index in [0.717, 1.165) is 11.1 Å². The number of ether oxygens (including phenoxy) is 2.